The van der Waals surface area contributed by atoms with Gasteiger partial charge in [-0.2, -0.15) is 0 Å². The molecule has 2 heterocycles. The molecule has 1 fully saturated rings. The van der Waals surface area contributed by atoms with Gasteiger partial charge in [0.05, 0.1) is 5.01 Å². The van der Waals surface area contributed by atoms with Crippen LogP contribution in [-0.4, -0.2) is 37.0 Å². The summed E-state index contributed by atoms with van der Waals surface area (Å²) in [5.41, 5.74) is 2.15. The minimum Gasteiger partial charge on any atom is -0.356 e. The number of anilines is 1. The molecule has 158 valence electrons. The lowest BCUT2D eigenvalue weighted by molar-refractivity contribution is -0.119. The van der Waals surface area contributed by atoms with Gasteiger partial charge in [0, 0.05) is 56.3 Å². The third-order valence-corrected chi connectivity index (χ3v) is 6.04. The molecule has 1 saturated heterocycles. The highest BCUT2D eigenvalue weighted by Gasteiger charge is 2.19. The molecule has 0 atom stereocenters. The van der Waals surface area contributed by atoms with Gasteiger partial charge in [0.15, 0.2) is 5.96 Å². The Labute approximate surface area is 194 Å². The monoisotopic (exact) mass is 527 g/mol. The van der Waals surface area contributed by atoms with Crippen molar-refractivity contribution in [2.75, 3.05) is 25.0 Å². The van der Waals surface area contributed by atoms with Crippen molar-refractivity contribution in [2.24, 2.45) is 4.99 Å². The van der Waals surface area contributed by atoms with Crippen LogP contribution in [0.4, 0.5) is 5.69 Å². The molecule has 8 heteroatoms. The number of aryl methyl sites for hydroxylation is 1. The average Bonchev–Trinajstić information content (AvgIpc) is 3.19. The second-order valence-corrected chi connectivity index (χ2v) is 8.05. The van der Waals surface area contributed by atoms with Crippen molar-refractivity contribution in [3.63, 3.8) is 0 Å². The van der Waals surface area contributed by atoms with Crippen LogP contribution in [0, 0.1) is 0 Å². The van der Waals surface area contributed by atoms with Crippen LogP contribution >= 0.6 is 35.3 Å². The van der Waals surface area contributed by atoms with Crippen LogP contribution in [0.2, 0.25) is 0 Å². The van der Waals surface area contributed by atoms with E-state index in [2.05, 4.69) is 39.7 Å². The van der Waals surface area contributed by atoms with Crippen molar-refractivity contribution in [3.8, 4) is 0 Å². The third kappa shape index (κ3) is 6.95. The van der Waals surface area contributed by atoms with Crippen molar-refractivity contribution in [1.29, 1.82) is 0 Å². The number of thiazole rings is 1. The molecule has 1 amide bonds. The molecular weight excluding hydrogens is 497 g/mol. The molecule has 2 N–H and O–H groups in total. The zero-order valence-corrected chi connectivity index (χ0v) is 20.3. The Morgan fingerprint density at radius 2 is 2.03 bits per heavy atom. The second-order valence-electron chi connectivity index (χ2n) is 6.85. The molecule has 0 saturated carbocycles. The number of carbonyl (C=O) groups excluding carboxylic acids is 1. The summed E-state index contributed by atoms with van der Waals surface area (Å²) >= 11 is 1.78. The number of halogens is 1. The van der Waals surface area contributed by atoms with Crippen molar-refractivity contribution >= 4 is 52.9 Å². The number of hydrogen-bond donors (Lipinski definition) is 2. The van der Waals surface area contributed by atoms with Crippen LogP contribution < -0.4 is 15.5 Å². The first-order chi connectivity index (χ1) is 13.7. The minimum atomic E-state index is 0. The van der Waals surface area contributed by atoms with Crippen molar-refractivity contribution in [3.05, 3.63) is 45.9 Å². The number of hydrogen-bond acceptors (Lipinski definition) is 4. The van der Waals surface area contributed by atoms with E-state index in [1.54, 1.807) is 18.4 Å². The normalized spacial score (nSPS) is 14.5. The highest BCUT2D eigenvalue weighted by atomic mass is 127. The van der Waals surface area contributed by atoms with Gasteiger partial charge in [0.25, 0.3) is 0 Å². The van der Waals surface area contributed by atoms with E-state index in [1.165, 1.54) is 4.88 Å². The highest BCUT2D eigenvalue weighted by Crippen LogP contribution is 2.21. The maximum atomic E-state index is 12.0. The first-order valence-electron chi connectivity index (χ1n) is 9.97. The van der Waals surface area contributed by atoms with E-state index in [1.807, 2.05) is 23.2 Å². The molecule has 0 spiro atoms. The van der Waals surface area contributed by atoms with Gasteiger partial charge in [0.1, 0.15) is 0 Å². The van der Waals surface area contributed by atoms with Crippen LogP contribution in [-0.2, 0) is 24.2 Å². The first-order valence-corrected chi connectivity index (χ1v) is 10.8. The number of amides is 1. The van der Waals surface area contributed by atoms with Gasteiger partial charge < -0.3 is 15.5 Å². The SMILES string of the molecule is CCc1cnc(CCNC(=NC)NCc2ccc(N3CCCCC3=O)cc2)s1.I. The van der Waals surface area contributed by atoms with Crippen molar-refractivity contribution in [2.45, 2.75) is 45.6 Å². The maximum Gasteiger partial charge on any atom is 0.226 e. The number of benzene rings is 1. The van der Waals surface area contributed by atoms with Gasteiger partial charge in [-0.1, -0.05) is 19.1 Å². The Bertz CT molecular complexity index is 806. The predicted octanol–water partition coefficient (Wildman–Crippen LogP) is 3.75. The maximum absolute atomic E-state index is 12.0. The van der Waals surface area contributed by atoms with Gasteiger partial charge in [-0.25, -0.2) is 4.98 Å². The number of nitrogens with zero attached hydrogens (tertiary/aromatic N) is 3. The number of carbonyl (C=O) groups is 1. The summed E-state index contributed by atoms with van der Waals surface area (Å²) in [6.45, 7) is 4.46. The van der Waals surface area contributed by atoms with Gasteiger partial charge >= 0.3 is 0 Å². The fourth-order valence-electron chi connectivity index (χ4n) is 3.19. The molecule has 0 aliphatic carbocycles. The molecule has 1 aliphatic rings. The highest BCUT2D eigenvalue weighted by molar-refractivity contribution is 14.0. The molecule has 1 aromatic heterocycles. The van der Waals surface area contributed by atoms with E-state index < -0.39 is 0 Å². The zero-order chi connectivity index (χ0) is 19.8. The molecule has 1 aromatic carbocycles. The predicted molar refractivity (Wildman–Crippen MR) is 131 cm³/mol. The summed E-state index contributed by atoms with van der Waals surface area (Å²) in [4.78, 5) is 24.0. The smallest absolute Gasteiger partial charge is 0.226 e. The second kappa shape index (κ2) is 12.1. The van der Waals surface area contributed by atoms with E-state index in [4.69, 9.17) is 0 Å². The lowest BCUT2D eigenvalue weighted by Gasteiger charge is -2.26. The van der Waals surface area contributed by atoms with E-state index in [0.717, 1.165) is 61.0 Å². The van der Waals surface area contributed by atoms with Crippen LogP contribution in [0.5, 0.6) is 0 Å². The Morgan fingerprint density at radius 1 is 1.24 bits per heavy atom. The number of aromatic nitrogens is 1. The van der Waals surface area contributed by atoms with Crippen LogP contribution in [0.1, 0.15) is 41.6 Å². The summed E-state index contributed by atoms with van der Waals surface area (Å²) in [5, 5.41) is 7.83. The molecular formula is C21H30IN5OS. The number of nitrogens with one attached hydrogen (secondary N) is 2. The lowest BCUT2D eigenvalue weighted by Crippen LogP contribution is -2.38. The standard InChI is InChI=1S/C21H29N5OS.HI/c1-3-18-15-24-19(28-18)11-12-23-21(22-2)25-14-16-7-9-17(10-8-16)26-13-5-4-6-20(26)27;/h7-10,15H,3-6,11-14H2,1-2H3,(H2,22,23,25);1H. The van der Waals surface area contributed by atoms with Crippen LogP contribution in [0.3, 0.4) is 0 Å². The number of aliphatic imine (C=N–C) groups is 1. The molecule has 2 aromatic rings. The molecule has 0 unspecified atom stereocenters. The van der Waals surface area contributed by atoms with Crippen molar-refractivity contribution < 1.29 is 4.79 Å². The fourth-order valence-corrected chi connectivity index (χ4v) is 4.06. The molecule has 0 radical (unpaired) electrons. The summed E-state index contributed by atoms with van der Waals surface area (Å²) in [6, 6.07) is 8.20. The Balaban J connectivity index is 0.00000300. The van der Waals surface area contributed by atoms with Gasteiger partial charge in [-0.05, 0) is 37.0 Å². The van der Waals surface area contributed by atoms with E-state index in [-0.39, 0.29) is 29.9 Å². The first kappa shape index (κ1) is 23.6. The topological polar surface area (TPSA) is 69.6 Å². The summed E-state index contributed by atoms with van der Waals surface area (Å²) < 4.78 is 0. The van der Waals surface area contributed by atoms with Gasteiger partial charge in [-0.15, -0.1) is 35.3 Å². The third-order valence-electron chi connectivity index (χ3n) is 4.84. The summed E-state index contributed by atoms with van der Waals surface area (Å²) in [7, 11) is 1.78. The summed E-state index contributed by atoms with van der Waals surface area (Å²) in [5.74, 6) is 1.01. The van der Waals surface area contributed by atoms with E-state index >= 15 is 0 Å². The molecule has 29 heavy (non-hydrogen) atoms. The Kier molecular flexibility index (Phi) is 9.86. The fraction of sp³-hybridized carbons (Fsp3) is 0.476. The molecule has 0 bridgehead atoms. The largest absolute Gasteiger partial charge is 0.356 e. The van der Waals surface area contributed by atoms with Gasteiger partial charge in [0.2, 0.25) is 5.91 Å². The average molecular weight is 527 g/mol. The minimum absolute atomic E-state index is 0. The number of piperidine rings is 1. The Hall–Kier alpha value is -1.68. The quantitative estimate of drug-likeness (QED) is 0.327. The number of rotatable bonds is 7. The number of guanidine groups is 1. The van der Waals surface area contributed by atoms with Crippen molar-refractivity contribution in [1.82, 2.24) is 15.6 Å². The molecule has 3 rings (SSSR count). The molecule has 1 aliphatic heterocycles. The van der Waals surface area contributed by atoms with Crippen LogP contribution in [0.15, 0.2) is 35.5 Å². The summed E-state index contributed by atoms with van der Waals surface area (Å²) in [6.07, 6.45) is 6.65. The lowest BCUT2D eigenvalue weighted by atomic mass is 10.1. The van der Waals surface area contributed by atoms with E-state index in [9.17, 15) is 4.79 Å². The van der Waals surface area contributed by atoms with E-state index in [0.29, 0.717) is 13.0 Å². The van der Waals surface area contributed by atoms with Gasteiger partial charge in [-0.3, -0.25) is 9.79 Å². The zero-order valence-electron chi connectivity index (χ0n) is 17.1. The molecule has 6 nitrogen and oxygen atoms in total. The van der Waals surface area contributed by atoms with Crippen LogP contribution in [0.25, 0.3) is 0 Å². The Morgan fingerprint density at radius 3 is 2.69 bits per heavy atom.